The molecule has 1 aliphatic heterocycles. The van der Waals surface area contributed by atoms with Crippen molar-refractivity contribution in [1.29, 1.82) is 0 Å². The zero-order valence-electron chi connectivity index (χ0n) is 5.31. The molecule has 11 heavy (non-hydrogen) atoms. The second kappa shape index (κ2) is 2.87. The van der Waals surface area contributed by atoms with Crippen LogP contribution in [0.3, 0.4) is 0 Å². The summed E-state index contributed by atoms with van der Waals surface area (Å²) in [5.74, 6) is -2.31. The Balaban J connectivity index is 2.78. The van der Waals surface area contributed by atoms with Gasteiger partial charge in [-0.15, -0.1) is 0 Å². The average Bonchev–Trinajstić information content (AvgIpc) is 1.95. The molecule has 0 spiro atoms. The highest BCUT2D eigenvalue weighted by Crippen LogP contribution is 1.98. The van der Waals surface area contributed by atoms with Gasteiger partial charge in [0.15, 0.2) is 6.26 Å². The van der Waals surface area contributed by atoms with E-state index in [-0.39, 0.29) is 0 Å². The second-order valence-corrected chi connectivity index (χ2v) is 1.65. The Morgan fingerprint density at radius 1 is 1.18 bits per heavy atom. The summed E-state index contributed by atoms with van der Waals surface area (Å²) >= 11 is 0. The molecule has 0 amide bonds. The van der Waals surface area contributed by atoms with Crippen molar-refractivity contribution in [1.82, 2.24) is 0 Å². The van der Waals surface area contributed by atoms with E-state index in [1.54, 1.807) is 0 Å². The average molecular weight is 156 g/mol. The lowest BCUT2D eigenvalue weighted by Crippen LogP contribution is -2.06. The molecule has 5 heteroatoms. The first-order chi connectivity index (χ1) is 5.18. The van der Waals surface area contributed by atoms with Crippen molar-refractivity contribution in [3.63, 3.8) is 0 Å². The van der Waals surface area contributed by atoms with Gasteiger partial charge in [0.25, 0.3) is 0 Å². The molecule has 0 aromatic carbocycles. The van der Waals surface area contributed by atoms with E-state index >= 15 is 0 Å². The van der Waals surface area contributed by atoms with Gasteiger partial charge in [0.05, 0.1) is 0 Å². The van der Waals surface area contributed by atoms with Gasteiger partial charge in [-0.3, -0.25) is 0 Å². The Bertz CT molecular complexity index is 250. The van der Waals surface area contributed by atoms with E-state index in [0.717, 1.165) is 12.2 Å². The van der Waals surface area contributed by atoms with Crippen LogP contribution in [0.15, 0.2) is 24.4 Å². The zero-order chi connectivity index (χ0) is 8.27. The summed E-state index contributed by atoms with van der Waals surface area (Å²) in [4.78, 5) is 20.9. The first-order valence-corrected chi connectivity index (χ1v) is 2.68. The monoisotopic (exact) mass is 156 g/mol. The van der Waals surface area contributed by atoms with E-state index in [0.29, 0.717) is 6.26 Å². The number of carbonyl (C=O) groups is 2. The predicted octanol–water partition coefficient (Wildman–Crippen LogP) is -0.000500. The first kappa shape index (κ1) is 7.33. The molecule has 5 nitrogen and oxygen atoms in total. The summed E-state index contributed by atoms with van der Waals surface area (Å²) < 4.78 is 8.38. The number of aliphatic hydroxyl groups excluding tert-OH is 1. The minimum Gasteiger partial charge on any atom is -0.478 e. The van der Waals surface area contributed by atoms with Gasteiger partial charge in [-0.1, -0.05) is 0 Å². The number of carbonyl (C=O) groups excluding carboxylic acids is 2. The van der Waals surface area contributed by atoms with E-state index in [1.165, 1.54) is 0 Å². The molecule has 0 unspecified atom stereocenters. The summed E-state index contributed by atoms with van der Waals surface area (Å²) in [5.41, 5.74) is 0. The largest absolute Gasteiger partial charge is 0.478 e. The summed E-state index contributed by atoms with van der Waals surface area (Å²) in [6.07, 6.45) is 2.39. The molecule has 0 saturated carbocycles. The van der Waals surface area contributed by atoms with Crippen LogP contribution in [0.2, 0.25) is 0 Å². The molecule has 58 valence electrons. The van der Waals surface area contributed by atoms with Gasteiger partial charge in [-0.05, 0) is 0 Å². The van der Waals surface area contributed by atoms with Crippen LogP contribution < -0.4 is 0 Å². The third-order valence-electron chi connectivity index (χ3n) is 0.837. The van der Waals surface area contributed by atoms with Crippen molar-refractivity contribution in [3.05, 3.63) is 24.4 Å². The molecule has 1 N–H and O–H groups in total. The number of rotatable bonds is 0. The number of hydrogen-bond donors (Lipinski definition) is 1. The van der Waals surface area contributed by atoms with Gasteiger partial charge >= 0.3 is 17.9 Å². The van der Waals surface area contributed by atoms with E-state index in [4.69, 9.17) is 5.11 Å². The van der Waals surface area contributed by atoms with E-state index in [1.807, 2.05) is 0 Å². The summed E-state index contributed by atoms with van der Waals surface area (Å²) in [6.45, 7) is 0. The van der Waals surface area contributed by atoms with E-state index in [2.05, 4.69) is 9.47 Å². The minimum atomic E-state index is -0.824. The fourth-order valence-electron chi connectivity index (χ4n) is 0.445. The molecular formula is C6H4O5. The summed E-state index contributed by atoms with van der Waals surface area (Å²) in [7, 11) is 0. The van der Waals surface area contributed by atoms with E-state index in [9.17, 15) is 9.59 Å². The molecule has 0 bridgehead atoms. The van der Waals surface area contributed by atoms with Gasteiger partial charge in [-0.25, -0.2) is 9.59 Å². The van der Waals surface area contributed by atoms with Crippen LogP contribution in [-0.4, -0.2) is 17.0 Å². The molecule has 0 saturated heterocycles. The second-order valence-electron chi connectivity index (χ2n) is 1.65. The van der Waals surface area contributed by atoms with Gasteiger partial charge in [0.2, 0.25) is 0 Å². The first-order valence-electron chi connectivity index (χ1n) is 2.68. The van der Waals surface area contributed by atoms with Crippen LogP contribution >= 0.6 is 0 Å². The van der Waals surface area contributed by atoms with Gasteiger partial charge < -0.3 is 14.6 Å². The smallest absolute Gasteiger partial charge is 0.338 e. The van der Waals surface area contributed by atoms with Crippen LogP contribution in [0.5, 0.6) is 0 Å². The molecule has 0 atom stereocenters. The Morgan fingerprint density at radius 3 is 2.55 bits per heavy atom. The lowest BCUT2D eigenvalue weighted by atomic mass is 10.5. The molecule has 0 aromatic heterocycles. The predicted molar refractivity (Wildman–Crippen MR) is 32.0 cm³/mol. The van der Waals surface area contributed by atoms with Crippen molar-refractivity contribution in [2.24, 2.45) is 0 Å². The molecule has 0 aliphatic carbocycles. The van der Waals surface area contributed by atoms with Gasteiger partial charge in [0.1, 0.15) is 0 Å². The van der Waals surface area contributed by atoms with Gasteiger partial charge in [-0.2, -0.15) is 0 Å². The summed E-state index contributed by atoms with van der Waals surface area (Å²) in [6, 6.07) is 0. The summed E-state index contributed by atoms with van der Waals surface area (Å²) in [5, 5.41) is 8.61. The third-order valence-corrected chi connectivity index (χ3v) is 0.837. The van der Waals surface area contributed by atoms with Crippen molar-refractivity contribution < 1.29 is 24.2 Å². The zero-order valence-corrected chi connectivity index (χ0v) is 5.31. The van der Waals surface area contributed by atoms with Crippen LogP contribution in [0, 0.1) is 0 Å². The Hall–Kier alpha value is -1.78. The highest BCUT2D eigenvalue weighted by atomic mass is 16.6. The number of cyclic esters (lactones) is 2. The number of hydrogen-bond acceptors (Lipinski definition) is 5. The fraction of sp³-hybridized carbons (Fsp3) is 0. The maximum Gasteiger partial charge on any atom is 0.338 e. The van der Waals surface area contributed by atoms with Crippen LogP contribution in [-0.2, 0) is 19.1 Å². The lowest BCUT2D eigenvalue weighted by Gasteiger charge is -2.01. The number of ether oxygens (including phenoxy) is 2. The van der Waals surface area contributed by atoms with Crippen molar-refractivity contribution >= 4 is 11.9 Å². The topological polar surface area (TPSA) is 72.8 Å². The number of esters is 2. The highest BCUT2D eigenvalue weighted by molar-refractivity contribution is 5.92. The van der Waals surface area contributed by atoms with Crippen molar-refractivity contribution in [2.75, 3.05) is 0 Å². The third kappa shape index (κ3) is 2.13. The molecule has 1 heterocycles. The van der Waals surface area contributed by atoms with Crippen LogP contribution in [0.4, 0.5) is 0 Å². The SMILES string of the molecule is O=C1/C=C\C(=O)O/C(O)=C\O1. The minimum absolute atomic E-state index is 0.643. The lowest BCUT2D eigenvalue weighted by molar-refractivity contribution is -0.142. The Kier molecular flexibility index (Phi) is 1.91. The Morgan fingerprint density at radius 2 is 1.82 bits per heavy atom. The molecule has 1 aliphatic rings. The van der Waals surface area contributed by atoms with Crippen LogP contribution in [0.1, 0.15) is 0 Å². The normalized spacial score (nSPS) is 25.3. The maximum absolute atomic E-state index is 10.5. The van der Waals surface area contributed by atoms with Crippen LogP contribution in [0.25, 0.3) is 0 Å². The highest BCUT2D eigenvalue weighted by Gasteiger charge is 2.07. The molecule has 1 rings (SSSR count). The molecular weight excluding hydrogens is 152 g/mol. The Labute approximate surface area is 61.5 Å². The standard InChI is InChI=1S/C6H4O5/c7-4-1-2-5(8)11-6(9)3-10-4/h1-3,9H/b2-1-,6-3-. The quantitative estimate of drug-likeness (QED) is 0.499. The molecule has 0 radical (unpaired) electrons. The fourth-order valence-corrected chi connectivity index (χ4v) is 0.445. The van der Waals surface area contributed by atoms with Crippen molar-refractivity contribution in [3.8, 4) is 0 Å². The maximum atomic E-state index is 10.5. The molecule has 0 fully saturated rings. The van der Waals surface area contributed by atoms with E-state index < -0.39 is 17.9 Å². The van der Waals surface area contributed by atoms with Gasteiger partial charge in [0, 0.05) is 12.2 Å². The number of aliphatic hydroxyl groups is 1. The van der Waals surface area contributed by atoms with Crippen molar-refractivity contribution in [2.45, 2.75) is 0 Å². The molecule has 0 aromatic rings.